The number of phenols is 2. The molecule has 8 rings (SSSR count). The quantitative estimate of drug-likeness (QED) is 0.160. The number of methoxy groups -OCH3 is 1. The molecule has 11 N–H and O–H groups in total. The van der Waals surface area contributed by atoms with E-state index in [1.165, 1.54) is 57.2 Å². The van der Waals surface area contributed by atoms with Gasteiger partial charge in [0.2, 0.25) is 11.6 Å². The zero-order chi connectivity index (χ0) is 51.6. The molecule has 370 valence electrons. The number of nitrogens with two attached hydrogens (primary N) is 1. The van der Waals surface area contributed by atoms with Gasteiger partial charge in [0.25, 0.3) is 5.91 Å². The Morgan fingerprint density at radius 1 is 0.638 bits per heavy atom. The van der Waals surface area contributed by atoms with Crippen LogP contribution in [0.5, 0.6) is 11.5 Å². The Labute approximate surface area is 395 Å². The summed E-state index contributed by atoms with van der Waals surface area (Å²) in [7, 11) is 14.5. The van der Waals surface area contributed by atoms with Gasteiger partial charge in [0, 0.05) is 69.7 Å². The highest BCUT2D eigenvalue weighted by Gasteiger charge is 2.69. The molecule has 0 aromatic heterocycles. The number of nitrogens with zero attached hydrogens (tertiary/aromatic N) is 4. The molecule has 21 nitrogen and oxygen atoms in total. The maximum Gasteiger partial charge on any atom is 0.255 e. The van der Waals surface area contributed by atoms with Gasteiger partial charge in [-0.3, -0.25) is 38.6 Å². The summed E-state index contributed by atoms with van der Waals surface area (Å²) < 4.78 is 5.75. The number of hydrogen-bond acceptors (Lipinski definition) is 20. The molecule has 0 heterocycles. The maximum atomic E-state index is 13.9. The lowest BCUT2D eigenvalue weighted by molar-refractivity contribution is -0.172. The second kappa shape index (κ2) is 17.1. The van der Waals surface area contributed by atoms with Crippen LogP contribution in [0.4, 0.5) is 11.4 Å². The summed E-state index contributed by atoms with van der Waals surface area (Å²) in [5.74, 6) is -14.8. The Morgan fingerprint density at radius 2 is 1.03 bits per heavy atom. The van der Waals surface area contributed by atoms with E-state index in [4.69, 9.17) is 10.5 Å². The predicted octanol–water partition coefficient (Wildman–Crippen LogP) is -0.241. The second-order valence-electron chi connectivity index (χ2n) is 19.2. The third-order valence-corrected chi connectivity index (χ3v) is 14.6. The summed E-state index contributed by atoms with van der Waals surface area (Å²) in [5.41, 5.74) is -0.0908. The molecule has 0 radical (unpaired) electrons. The van der Waals surface area contributed by atoms with Crippen molar-refractivity contribution in [3.05, 3.63) is 80.3 Å². The van der Waals surface area contributed by atoms with Crippen molar-refractivity contribution in [1.82, 2.24) is 9.80 Å². The van der Waals surface area contributed by atoms with Crippen molar-refractivity contribution in [1.29, 1.82) is 0 Å². The van der Waals surface area contributed by atoms with Crippen LogP contribution in [0, 0.1) is 23.7 Å². The molecule has 0 spiro atoms. The number of carbonyl (C=O) groups excluding carboxylic acids is 6. The molecule has 2 aromatic rings. The first-order valence-corrected chi connectivity index (χ1v) is 21.8. The number of primary amides is 1. The Hall–Kier alpha value is -6.62. The molecule has 2 aromatic carbocycles. The van der Waals surface area contributed by atoms with Crippen molar-refractivity contribution in [2.75, 3.05) is 73.3 Å². The number of aromatic hydroxyl groups is 2. The van der Waals surface area contributed by atoms with E-state index in [9.17, 15) is 74.7 Å². The van der Waals surface area contributed by atoms with E-state index in [1.54, 1.807) is 50.1 Å². The minimum Gasteiger partial charge on any atom is -0.508 e. The second-order valence-corrected chi connectivity index (χ2v) is 19.2. The zero-order valence-corrected chi connectivity index (χ0v) is 39.6. The number of amides is 1. The monoisotopic (exact) mass is 959 g/mol. The van der Waals surface area contributed by atoms with Gasteiger partial charge in [0.05, 0.1) is 47.3 Å². The summed E-state index contributed by atoms with van der Waals surface area (Å²) in [4.78, 5) is 84.7. The molecule has 10 atom stereocenters. The van der Waals surface area contributed by atoms with E-state index in [-0.39, 0.29) is 46.6 Å². The average Bonchev–Trinajstić information content (AvgIpc) is 3.24. The molecule has 69 heavy (non-hydrogen) atoms. The van der Waals surface area contributed by atoms with Crippen LogP contribution in [-0.4, -0.2) is 190 Å². The molecule has 0 bridgehead atoms. The van der Waals surface area contributed by atoms with Gasteiger partial charge < -0.3 is 66.2 Å². The number of ketones is 5. The first-order valence-electron chi connectivity index (χ1n) is 21.8. The lowest BCUT2D eigenvalue weighted by atomic mass is 9.56. The highest BCUT2D eigenvalue weighted by Crippen LogP contribution is 2.56. The van der Waals surface area contributed by atoms with E-state index in [1.807, 2.05) is 0 Å². The van der Waals surface area contributed by atoms with E-state index in [0.29, 0.717) is 22.5 Å². The fourth-order valence-corrected chi connectivity index (χ4v) is 11.7. The Balaban J connectivity index is 0.000000204. The number of Topliss-reactive ketones (excluding diaryl/α,β-unsaturated/α-hetero) is 5. The number of aliphatic hydroxyl groups excluding tert-OH is 5. The van der Waals surface area contributed by atoms with Crippen molar-refractivity contribution < 1.29 is 79.5 Å². The number of phenolic OH excluding ortho intramolecular Hbond substituents is 2. The molecule has 6 aliphatic carbocycles. The van der Waals surface area contributed by atoms with E-state index < -0.39 is 128 Å². The molecule has 21 heteroatoms. The highest BCUT2D eigenvalue weighted by molar-refractivity contribution is 6.26. The highest BCUT2D eigenvalue weighted by atomic mass is 16.5. The largest absolute Gasteiger partial charge is 0.508 e. The summed E-state index contributed by atoms with van der Waals surface area (Å²) in [5, 5.41) is 100. The van der Waals surface area contributed by atoms with Gasteiger partial charge in [0.15, 0.2) is 28.6 Å². The smallest absolute Gasteiger partial charge is 0.255 e. The van der Waals surface area contributed by atoms with Crippen LogP contribution >= 0.6 is 0 Å². The minimum absolute atomic E-state index is 0.00800. The summed E-state index contributed by atoms with van der Waals surface area (Å²) in [6.07, 6.45) is -2.45. The number of ether oxygens (including phenoxy) is 1. The minimum atomic E-state index is -2.82. The number of likely N-dealkylation sites (N-methyl/N-ethyl adjacent to an activating group) is 2. The van der Waals surface area contributed by atoms with Crippen molar-refractivity contribution in [3.8, 4) is 11.5 Å². The van der Waals surface area contributed by atoms with Crippen molar-refractivity contribution in [2.24, 2.45) is 29.4 Å². The van der Waals surface area contributed by atoms with Crippen LogP contribution in [0.2, 0.25) is 0 Å². The average molecular weight is 960 g/mol. The fraction of sp³-hybridized carbons (Fsp3) is 0.458. The molecular weight excluding hydrogens is 903 g/mol. The molecule has 0 aliphatic heterocycles. The number of aliphatic hydroxyl groups is 7. The zero-order valence-electron chi connectivity index (χ0n) is 39.6. The first kappa shape index (κ1) is 50.3. The molecular formula is C48H57N5O16. The van der Waals surface area contributed by atoms with Gasteiger partial charge in [-0.15, -0.1) is 0 Å². The number of rotatable bonds is 7. The van der Waals surface area contributed by atoms with Crippen LogP contribution < -0.4 is 15.5 Å². The maximum absolute atomic E-state index is 13.9. The van der Waals surface area contributed by atoms with E-state index in [2.05, 4.69) is 0 Å². The van der Waals surface area contributed by atoms with Crippen molar-refractivity contribution in [2.45, 2.75) is 55.3 Å². The van der Waals surface area contributed by atoms with Crippen LogP contribution in [0.1, 0.15) is 29.2 Å². The molecule has 2 saturated carbocycles. The number of anilines is 2. The van der Waals surface area contributed by atoms with Gasteiger partial charge in [-0.1, -0.05) is 0 Å². The van der Waals surface area contributed by atoms with Crippen LogP contribution in [0.15, 0.2) is 58.1 Å². The topological polar surface area (TPSA) is 333 Å². The Bertz CT molecular complexity index is 2790. The molecule has 0 unspecified atom stereocenters. The molecule has 0 saturated heterocycles. The number of fused-ring (bicyclic) bond motifs is 6. The van der Waals surface area contributed by atoms with Crippen molar-refractivity contribution in [3.63, 3.8) is 0 Å². The van der Waals surface area contributed by atoms with Gasteiger partial charge in [0.1, 0.15) is 45.7 Å². The number of hydrogen-bond donors (Lipinski definition) is 10. The molecule has 6 aliphatic rings. The number of carbonyl (C=O) groups is 6. The lowest BCUT2D eigenvalue weighted by Crippen LogP contribution is -2.70. The van der Waals surface area contributed by atoms with Gasteiger partial charge in [-0.2, -0.15) is 0 Å². The normalized spacial score (nSPS) is 30.5. The van der Waals surface area contributed by atoms with Crippen LogP contribution in [0.3, 0.4) is 0 Å². The first-order chi connectivity index (χ1) is 32.1. The SMILES string of the molecule is CC(=O)C1=C(O)[C@@]2(O)C(=O)C3=C(O)c4c(O)ccc(N(C)C)c4C[C@H]3[C@H](O)[C@H]2[C@H](N(C)C)C1=O.CO[C@@H]1[C@H]2[C@H](N(C)C)C(=O)C(C(N)=O)=C(O)[C@@]2(O)C(=O)C2=C(O)c3c(O)ccc(N(C)C)c3C[C@H]21. The summed E-state index contributed by atoms with van der Waals surface area (Å²) >= 11 is 0. The van der Waals surface area contributed by atoms with Crippen molar-refractivity contribution >= 4 is 57.7 Å². The molecule has 1 amide bonds. The molecule has 2 fully saturated rings. The van der Waals surface area contributed by atoms with Crippen LogP contribution in [0.25, 0.3) is 11.5 Å². The van der Waals surface area contributed by atoms with E-state index in [0.717, 1.165) is 6.92 Å². The third kappa shape index (κ3) is 6.88. The summed E-state index contributed by atoms with van der Waals surface area (Å²) in [6, 6.07) is 3.53. The third-order valence-electron chi connectivity index (χ3n) is 14.6. The van der Waals surface area contributed by atoms with Gasteiger partial charge in [-0.25, -0.2) is 0 Å². The fourth-order valence-electron chi connectivity index (χ4n) is 11.7. The standard InChI is InChI=1S/C24H29N3O8.C24H28N2O8/c1-26(2)11-6-7-12(28)13-9(11)8-10-14(18(13)29)21(31)24(34)16(20(10)35-5)17(27(3)4)19(30)15(22(24)32)23(25)33;1-9(27)14-21(31)18(26(4)5)17-19(29)11-8-10-12(25(2)3)6-7-13(28)15(10)20(30)16(11)23(33)24(17,34)22(14)32/h6-7,10,16-17,20,28-29,32,34H,8H2,1-5H3,(H2,25,33);6-7,11,17-19,28-30,32,34H,8H2,1-5H3/t10-,16-,17+,20+,24+;11-,17-,18+,19+,24-/m11/s1. The van der Waals surface area contributed by atoms with Crippen LogP contribution in [-0.2, 0) is 46.3 Å². The van der Waals surface area contributed by atoms with E-state index >= 15 is 0 Å². The number of benzene rings is 2. The van der Waals surface area contributed by atoms with Gasteiger partial charge in [-0.05, 0) is 83.3 Å². The predicted molar refractivity (Wildman–Crippen MR) is 246 cm³/mol. The Morgan fingerprint density at radius 3 is 1.43 bits per heavy atom. The van der Waals surface area contributed by atoms with Gasteiger partial charge >= 0.3 is 0 Å². The summed E-state index contributed by atoms with van der Waals surface area (Å²) in [6.45, 7) is 1.03. The lowest BCUT2D eigenvalue weighted by Gasteiger charge is -2.53. The Kier molecular flexibility index (Phi) is 12.5.